The fourth-order valence-corrected chi connectivity index (χ4v) is 2.26. The van der Waals surface area contributed by atoms with Crippen molar-refractivity contribution in [1.82, 2.24) is 13.6 Å². The maximum atomic E-state index is 9.10. The SMILES string of the molecule is CC(C)Oc1nsnc1C1=CCCN(C)C1.O=C(O)C(=O)O. The average Bonchev–Trinajstić information content (AvgIpc) is 2.86. The van der Waals surface area contributed by atoms with Gasteiger partial charge in [0, 0.05) is 13.1 Å². The van der Waals surface area contributed by atoms with Gasteiger partial charge in [0.25, 0.3) is 5.88 Å². The number of ether oxygens (including phenoxy) is 1. The summed E-state index contributed by atoms with van der Waals surface area (Å²) in [6, 6.07) is 0. The lowest BCUT2D eigenvalue weighted by Gasteiger charge is -2.22. The minimum absolute atomic E-state index is 0.143. The van der Waals surface area contributed by atoms with Gasteiger partial charge >= 0.3 is 11.9 Å². The first kappa shape index (κ1) is 18.1. The molecular weight excluding hydrogens is 310 g/mol. The highest BCUT2D eigenvalue weighted by molar-refractivity contribution is 6.99. The second-order valence-corrected chi connectivity index (χ2v) is 5.48. The number of carboxylic acids is 2. The Morgan fingerprint density at radius 2 is 1.95 bits per heavy atom. The molecule has 0 aliphatic carbocycles. The summed E-state index contributed by atoms with van der Waals surface area (Å²) in [5, 5.41) is 14.8. The van der Waals surface area contributed by atoms with Gasteiger partial charge < -0.3 is 19.8 Å². The van der Waals surface area contributed by atoms with E-state index in [-0.39, 0.29) is 6.10 Å². The Kier molecular flexibility index (Phi) is 6.93. The minimum Gasteiger partial charge on any atom is -0.473 e. The molecule has 0 saturated carbocycles. The van der Waals surface area contributed by atoms with Crippen molar-refractivity contribution in [3.63, 3.8) is 0 Å². The molecule has 0 fully saturated rings. The Balaban J connectivity index is 0.000000346. The Bertz CT molecular complexity index is 544. The molecule has 2 N–H and O–H groups in total. The van der Waals surface area contributed by atoms with Gasteiger partial charge in [-0.25, -0.2) is 9.59 Å². The quantitative estimate of drug-likeness (QED) is 0.795. The molecule has 0 aromatic carbocycles. The lowest BCUT2D eigenvalue weighted by atomic mass is 10.1. The van der Waals surface area contributed by atoms with Crippen LogP contribution in [0.5, 0.6) is 5.88 Å². The minimum atomic E-state index is -1.82. The molecule has 0 amide bonds. The van der Waals surface area contributed by atoms with Crippen LogP contribution in [0.25, 0.3) is 5.57 Å². The van der Waals surface area contributed by atoms with E-state index >= 15 is 0 Å². The van der Waals surface area contributed by atoms with Crippen LogP contribution in [0.2, 0.25) is 0 Å². The van der Waals surface area contributed by atoms with Crippen molar-refractivity contribution < 1.29 is 24.5 Å². The van der Waals surface area contributed by atoms with E-state index in [2.05, 4.69) is 26.8 Å². The maximum Gasteiger partial charge on any atom is 0.414 e. The van der Waals surface area contributed by atoms with Crippen molar-refractivity contribution in [2.24, 2.45) is 0 Å². The fraction of sp³-hybridized carbons (Fsp3) is 0.538. The van der Waals surface area contributed by atoms with Crippen molar-refractivity contribution in [3.8, 4) is 5.88 Å². The van der Waals surface area contributed by atoms with Crippen molar-refractivity contribution in [2.45, 2.75) is 26.4 Å². The highest BCUT2D eigenvalue weighted by Crippen LogP contribution is 2.27. The third-order valence-electron chi connectivity index (χ3n) is 2.63. The van der Waals surface area contributed by atoms with E-state index in [0.717, 1.165) is 25.2 Å². The number of hydrogen-bond donors (Lipinski definition) is 2. The van der Waals surface area contributed by atoms with E-state index < -0.39 is 11.9 Å². The largest absolute Gasteiger partial charge is 0.473 e. The van der Waals surface area contributed by atoms with E-state index in [1.54, 1.807) is 0 Å². The Hall–Kier alpha value is -2.00. The van der Waals surface area contributed by atoms with Crippen LogP contribution in [0.3, 0.4) is 0 Å². The van der Waals surface area contributed by atoms with Gasteiger partial charge in [0.2, 0.25) is 0 Å². The summed E-state index contributed by atoms with van der Waals surface area (Å²) >= 11 is 1.22. The molecule has 0 radical (unpaired) electrons. The molecule has 2 heterocycles. The summed E-state index contributed by atoms with van der Waals surface area (Å²) in [5.41, 5.74) is 2.16. The normalized spacial score (nSPS) is 14.8. The molecule has 0 saturated heterocycles. The van der Waals surface area contributed by atoms with Crippen LogP contribution < -0.4 is 4.74 Å². The Morgan fingerprint density at radius 1 is 1.32 bits per heavy atom. The van der Waals surface area contributed by atoms with Crippen molar-refractivity contribution in [3.05, 3.63) is 11.8 Å². The molecule has 122 valence electrons. The predicted molar refractivity (Wildman–Crippen MR) is 81.0 cm³/mol. The fourth-order valence-electron chi connectivity index (χ4n) is 1.74. The van der Waals surface area contributed by atoms with Gasteiger partial charge in [0.15, 0.2) is 0 Å². The second-order valence-electron chi connectivity index (χ2n) is 4.95. The van der Waals surface area contributed by atoms with Gasteiger partial charge in [-0.2, -0.15) is 4.37 Å². The first-order chi connectivity index (χ1) is 10.3. The maximum absolute atomic E-state index is 9.10. The molecule has 1 aromatic heterocycles. The van der Waals surface area contributed by atoms with Crippen LogP contribution in [-0.2, 0) is 9.59 Å². The zero-order valence-corrected chi connectivity index (χ0v) is 13.5. The number of aliphatic carboxylic acids is 2. The summed E-state index contributed by atoms with van der Waals surface area (Å²) in [5.74, 6) is -2.97. The molecule has 0 atom stereocenters. The van der Waals surface area contributed by atoms with Gasteiger partial charge in [0.1, 0.15) is 5.69 Å². The summed E-state index contributed by atoms with van der Waals surface area (Å²) in [6.07, 6.45) is 3.46. The third-order valence-corrected chi connectivity index (χ3v) is 3.15. The van der Waals surface area contributed by atoms with E-state index in [0.29, 0.717) is 5.88 Å². The molecule has 1 aliphatic heterocycles. The molecule has 0 unspecified atom stereocenters. The lowest BCUT2D eigenvalue weighted by Crippen LogP contribution is -2.25. The number of likely N-dealkylation sites (N-methyl/N-ethyl adjacent to an activating group) is 1. The summed E-state index contributed by atoms with van der Waals surface area (Å²) < 4.78 is 14.2. The van der Waals surface area contributed by atoms with Crippen LogP contribution in [0, 0.1) is 0 Å². The highest BCUT2D eigenvalue weighted by Gasteiger charge is 2.18. The van der Waals surface area contributed by atoms with Gasteiger partial charge in [-0.05, 0) is 32.9 Å². The van der Waals surface area contributed by atoms with Crippen molar-refractivity contribution in [1.29, 1.82) is 0 Å². The van der Waals surface area contributed by atoms with Crippen molar-refractivity contribution in [2.75, 3.05) is 20.1 Å². The summed E-state index contributed by atoms with van der Waals surface area (Å²) in [4.78, 5) is 20.5. The topological polar surface area (TPSA) is 113 Å². The number of carbonyl (C=O) groups is 2. The molecule has 1 aliphatic rings. The molecule has 0 bridgehead atoms. The molecular formula is C13H19N3O5S. The lowest BCUT2D eigenvalue weighted by molar-refractivity contribution is -0.159. The van der Waals surface area contributed by atoms with Gasteiger partial charge in [-0.3, -0.25) is 0 Å². The van der Waals surface area contributed by atoms with E-state index in [1.807, 2.05) is 13.8 Å². The molecule has 0 spiro atoms. The number of carboxylic acid groups (broad SMARTS) is 2. The smallest absolute Gasteiger partial charge is 0.414 e. The number of nitrogens with zero attached hydrogens (tertiary/aromatic N) is 3. The molecule has 8 nitrogen and oxygen atoms in total. The van der Waals surface area contributed by atoms with Crippen molar-refractivity contribution >= 4 is 29.2 Å². The zero-order valence-electron chi connectivity index (χ0n) is 12.6. The zero-order chi connectivity index (χ0) is 16.7. The van der Waals surface area contributed by atoms with Crippen LogP contribution in [-0.4, -0.2) is 62.0 Å². The highest BCUT2D eigenvalue weighted by atomic mass is 32.1. The molecule has 2 rings (SSSR count). The van der Waals surface area contributed by atoms with Gasteiger partial charge in [0.05, 0.1) is 17.8 Å². The first-order valence-corrected chi connectivity index (χ1v) is 7.37. The average molecular weight is 329 g/mol. The van der Waals surface area contributed by atoms with E-state index in [4.69, 9.17) is 24.5 Å². The number of hydrogen-bond acceptors (Lipinski definition) is 7. The Morgan fingerprint density at radius 3 is 2.45 bits per heavy atom. The monoisotopic (exact) mass is 329 g/mol. The second kappa shape index (κ2) is 8.44. The van der Waals surface area contributed by atoms with Crippen LogP contribution in [0.15, 0.2) is 6.08 Å². The van der Waals surface area contributed by atoms with Gasteiger partial charge in [-0.1, -0.05) is 6.08 Å². The number of aromatic nitrogens is 2. The van der Waals surface area contributed by atoms with E-state index in [9.17, 15) is 0 Å². The third kappa shape index (κ3) is 5.78. The van der Waals surface area contributed by atoms with Crippen LogP contribution in [0.4, 0.5) is 0 Å². The van der Waals surface area contributed by atoms with Gasteiger partial charge in [-0.15, -0.1) is 4.37 Å². The van der Waals surface area contributed by atoms with E-state index in [1.165, 1.54) is 17.3 Å². The van der Waals surface area contributed by atoms with Crippen LogP contribution >= 0.6 is 11.7 Å². The van der Waals surface area contributed by atoms with Crippen LogP contribution in [0.1, 0.15) is 26.0 Å². The molecule has 9 heteroatoms. The summed E-state index contributed by atoms with van der Waals surface area (Å²) in [6.45, 7) is 6.05. The molecule has 22 heavy (non-hydrogen) atoms. The number of rotatable bonds is 3. The standard InChI is InChI=1S/C11H17N3OS.C2H2O4/c1-8(2)15-11-10(12-16-13-11)9-5-4-6-14(3)7-9;3-1(4)2(5)6/h5,8H,4,6-7H2,1-3H3;(H,3,4)(H,5,6). The predicted octanol–water partition coefficient (Wildman–Crippen LogP) is 1.20. The molecule has 1 aromatic rings. The summed E-state index contributed by atoms with van der Waals surface area (Å²) in [7, 11) is 2.12. The first-order valence-electron chi connectivity index (χ1n) is 6.64. The Labute approximate surface area is 132 Å².